The van der Waals surface area contributed by atoms with Crippen molar-refractivity contribution in [3.05, 3.63) is 0 Å². The Morgan fingerprint density at radius 1 is 0.840 bits per heavy atom. The van der Waals surface area contributed by atoms with Crippen LogP contribution in [0, 0.1) is 0 Å². The molecular weight excluding hydrogens is 376 g/mol. The molecule has 0 radical (unpaired) electrons. The van der Waals surface area contributed by atoms with Gasteiger partial charge in [0.1, 0.15) is 6.04 Å². The van der Waals surface area contributed by atoms with Crippen molar-refractivity contribution in [1.82, 2.24) is 0 Å². The summed E-state index contributed by atoms with van der Waals surface area (Å²) in [5, 5.41) is 8.58. The van der Waals surface area contributed by atoms with Crippen LogP contribution in [-0.4, -0.2) is 132 Å². The third-order valence-corrected chi connectivity index (χ3v) is 3.69. The number of hydrogen-bond donors (Lipinski definition) is 2. The molecule has 0 unspecified atom stereocenters. The van der Waals surface area contributed by atoms with Crippen LogP contribution in [0.3, 0.4) is 0 Å². The summed E-state index contributed by atoms with van der Waals surface area (Å²) in [6.45, 7) is 2.20. The van der Waals surface area contributed by atoms with E-state index in [4.69, 9.17) is 10.8 Å². The van der Waals surface area contributed by atoms with E-state index in [1.807, 2.05) is 0 Å². The van der Waals surface area contributed by atoms with Crippen molar-refractivity contribution in [3.63, 3.8) is 0 Å². The van der Waals surface area contributed by atoms with Crippen molar-refractivity contribution < 1.29 is 24.2 Å². The average Bonchev–Trinajstić information content (AvgIpc) is 2.50. The van der Waals surface area contributed by atoms with E-state index in [0.717, 1.165) is 19.3 Å². The van der Waals surface area contributed by atoms with Crippen LogP contribution < -0.4 is 5.73 Å². The van der Waals surface area contributed by atoms with Crippen molar-refractivity contribution in [3.8, 4) is 0 Å². The molecule has 138 valence electrons. The van der Waals surface area contributed by atoms with E-state index in [9.17, 15) is 14.4 Å². The minimum atomic E-state index is -1.17. The number of ether oxygens (including phenoxy) is 1. The molecule has 3 N–H and O–H groups in total. The Balaban J connectivity index is -0.00000242. The topological polar surface area (TPSA) is 107 Å². The first-order valence-corrected chi connectivity index (χ1v) is 8.69. The van der Waals surface area contributed by atoms with E-state index >= 15 is 0 Å². The molecule has 0 saturated heterocycles. The maximum absolute atomic E-state index is 11.4. The Hall–Kier alpha value is 1.84. The zero-order chi connectivity index (χ0) is 17.5. The maximum atomic E-state index is 11.4. The van der Waals surface area contributed by atoms with E-state index in [2.05, 4.69) is 11.7 Å². The van der Waals surface area contributed by atoms with Crippen molar-refractivity contribution >= 4 is 121 Å². The summed E-state index contributed by atoms with van der Waals surface area (Å²) < 4.78 is 4.63. The predicted octanol–water partition coefficient (Wildman–Crippen LogP) is 1.87. The van der Waals surface area contributed by atoms with Gasteiger partial charge in [0.15, 0.2) is 0 Å². The van der Waals surface area contributed by atoms with E-state index < -0.39 is 23.9 Å². The van der Waals surface area contributed by atoms with Gasteiger partial charge in [-0.1, -0.05) is 58.3 Å². The number of esters is 2. The first-order valence-electron chi connectivity index (χ1n) is 8.69. The first-order chi connectivity index (χ1) is 11.0. The summed E-state index contributed by atoms with van der Waals surface area (Å²) in [4.78, 5) is 33.3. The fraction of sp³-hybridized carbons (Fsp3) is 0.824. The van der Waals surface area contributed by atoms with Crippen molar-refractivity contribution in [2.24, 2.45) is 5.73 Å². The second-order valence-corrected chi connectivity index (χ2v) is 5.91. The third kappa shape index (κ3) is 22.0. The molecule has 0 spiro atoms. The van der Waals surface area contributed by atoms with Crippen molar-refractivity contribution in [2.75, 3.05) is 0 Å². The van der Waals surface area contributed by atoms with Gasteiger partial charge in [-0.15, -0.1) is 0 Å². The second-order valence-electron chi connectivity index (χ2n) is 5.91. The van der Waals surface area contributed by atoms with Crippen molar-refractivity contribution in [1.29, 1.82) is 0 Å². The van der Waals surface area contributed by atoms with Crippen molar-refractivity contribution in [2.45, 2.75) is 90.0 Å². The normalized spacial score (nSPS) is 11.0. The van der Waals surface area contributed by atoms with Gasteiger partial charge in [0.05, 0.1) is 0 Å². The quantitative estimate of drug-likeness (QED) is 0.196. The number of rotatable bonds is 14. The number of carboxylic acid groups (broad SMARTS) is 1. The Kier molecular flexibility index (Phi) is 27.9. The molecule has 25 heavy (non-hydrogen) atoms. The SMILES string of the molecule is CCCCCCCCCCCC(=O)OC(=O)CC[C@H](N)C(=O)O.[KH].[KH]. The van der Waals surface area contributed by atoms with Gasteiger partial charge in [-0.25, -0.2) is 0 Å². The molecule has 0 saturated carbocycles. The molecule has 0 aliphatic heterocycles. The monoisotopic (exact) mass is 409 g/mol. The number of carbonyl (C=O) groups excluding carboxylic acids is 2. The first kappa shape index (κ1) is 31.5. The van der Waals surface area contributed by atoms with E-state index in [1.165, 1.54) is 38.5 Å². The summed E-state index contributed by atoms with van der Waals surface area (Å²) in [6.07, 6.45) is 10.4. The summed E-state index contributed by atoms with van der Waals surface area (Å²) in [5.74, 6) is -2.41. The fourth-order valence-corrected chi connectivity index (χ4v) is 2.21. The number of unbranched alkanes of at least 4 members (excludes halogenated alkanes) is 8. The van der Waals surface area contributed by atoms with Crippen LogP contribution in [0.5, 0.6) is 0 Å². The zero-order valence-electron chi connectivity index (χ0n) is 14.2. The molecule has 0 aromatic carbocycles. The van der Waals surface area contributed by atoms with Gasteiger partial charge in [-0.2, -0.15) is 0 Å². The number of carboxylic acids is 1. The van der Waals surface area contributed by atoms with Gasteiger partial charge < -0.3 is 15.6 Å². The fourth-order valence-electron chi connectivity index (χ4n) is 2.21. The van der Waals surface area contributed by atoms with Crippen LogP contribution in [0.2, 0.25) is 0 Å². The van der Waals surface area contributed by atoms with E-state index in [-0.39, 0.29) is 122 Å². The summed E-state index contributed by atoms with van der Waals surface area (Å²) in [5.41, 5.74) is 5.27. The molecule has 0 rings (SSSR count). The molecular formula is C17H33K2NO5. The molecule has 0 amide bonds. The van der Waals surface area contributed by atoms with Crippen LogP contribution in [0.15, 0.2) is 0 Å². The number of hydrogen-bond acceptors (Lipinski definition) is 5. The molecule has 0 aromatic heterocycles. The standard InChI is InChI=1S/C17H31NO5.2K.2H/c1-2-3-4-5-6-7-8-9-10-11-15(19)23-16(20)13-12-14(18)17(21)22;;;;/h14H,2-13,18H2,1H3,(H,21,22);;;;/t14-;;;;/m0..../s1. The molecule has 0 aliphatic carbocycles. The van der Waals surface area contributed by atoms with Crippen LogP contribution in [-0.2, 0) is 19.1 Å². The summed E-state index contributed by atoms with van der Waals surface area (Å²) in [6, 6.07) is -1.10. The molecule has 0 fully saturated rings. The molecule has 0 heterocycles. The van der Waals surface area contributed by atoms with E-state index in [0.29, 0.717) is 0 Å². The molecule has 0 aromatic rings. The summed E-state index contributed by atoms with van der Waals surface area (Å²) >= 11 is 0. The van der Waals surface area contributed by atoms with E-state index in [1.54, 1.807) is 0 Å². The van der Waals surface area contributed by atoms with Crippen LogP contribution in [0.1, 0.15) is 84.0 Å². The average molecular weight is 410 g/mol. The van der Waals surface area contributed by atoms with Gasteiger partial charge in [0, 0.05) is 12.8 Å². The minimum absolute atomic E-state index is 0. The van der Waals surface area contributed by atoms with Crippen LogP contribution in [0.4, 0.5) is 0 Å². The number of carbonyl (C=O) groups is 3. The second kappa shape index (κ2) is 22.1. The number of nitrogens with two attached hydrogens (primary N) is 1. The van der Waals surface area contributed by atoms with Gasteiger partial charge >= 0.3 is 121 Å². The molecule has 8 heteroatoms. The molecule has 6 nitrogen and oxygen atoms in total. The van der Waals surface area contributed by atoms with Gasteiger partial charge in [-0.3, -0.25) is 14.4 Å². The number of aliphatic carboxylic acids is 1. The Morgan fingerprint density at radius 3 is 1.76 bits per heavy atom. The Morgan fingerprint density at radius 2 is 1.28 bits per heavy atom. The van der Waals surface area contributed by atoms with Crippen LogP contribution >= 0.6 is 0 Å². The molecule has 0 bridgehead atoms. The Labute approximate surface area is 236 Å². The third-order valence-electron chi connectivity index (χ3n) is 3.69. The zero-order valence-corrected chi connectivity index (χ0v) is 14.2. The predicted molar refractivity (Wildman–Crippen MR) is 102 cm³/mol. The van der Waals surface area contributed by atoms with Gasteiger partial charge in [0.2, 0.25) is 0 Å². The van der Waals surface area contributed by atoms with Gasteiger partial charge in [-0.05, 0) is 12.8 Å². The Bertz CT molecular complexity index is 367. The van der Waals surface area contributed by atoms with Crippen LogP contribution in [0.25, 0.3) is 0 Å². The van der Waals surface area contributed by atoms with Gasteiger partial charge in [0.25, 0.3) is 0 Å². The molecule has 0 aliphatic rings. The molecule has 1 atom stereocenters. The summed E-state index contributed by atoms with van der Waals surface area (Å²) in [7, 11) is 0.